The second-order valence-corrected chi connectivity index (χ2v) is 6.99. The van der Waals surface area contributed by atoms with Crippen molar-refractivity contribution < 1.29 is 4.79 Å². The number of hydrogen-bond acceptors (Lipinski definition) is 3. The predicted molar refractivity (Wildman–Crippen MR) is 95.4 cm³/mol. The standard InChI is InChI=1S/C17H23N3O2S/c1-10(2)8-18-15(21)12-5-6-13-14(7-12)19-17(23)20(16(13)22)9-11(3)4/h5-7,10-11H,8-9H2,1-4H3,(H,18,21)(H,19,23). The van der Waals surface area contributed by atoms with E-state index in [0.29, 0.717) is 46.2 Å². The molecule has 0 radical (unpaired) electrons. The van der Waals surface area contributed by atoms with Gasteiger partial charge in [-0.2, -0.15) is 0 Å². The van der Waals surface area contributed by atoms with Crippen LogP contribution in [0.1, 0.15) is 38.1 Å². The Bertz CT molecular complexity index is 834. The van der Waals surface area contributed by atoms with Crippen LogP contribution < -0.4 is 10.9 Å². The van der Waals surface area contributed by atoms with E-state index in [9.17, 15) is 9.59 Å². The molecule has 0 unspecified atom stereocenters. The molecule has 6 heteroatoms. The molecule has 2 rings (SSSR count). The Morgan fingerprint density at radius 2 is 1.96 bits per heavy atom. The van der Waals surface area contributed by atoms with Crippen LogP contribution in [-0.4, -0.2) is 22.0 Å². The third-order valence-electron chi connectivity index (χ3n) is 3.46. The van der Waals surface area contributed by atoms with Crippen molar-refractivity contribution in [3.63, 3.8) is 0 Å². The molecule has 2 aromatic rings. The Kier molecular flexibility index (Phi) is 5.36. The van der Waals surface area contributed by atoms with Crippen LogP contribution in [0.5, 0.6) is 0 Å². The third kappa shape index (κ3) is 4.07. The van der Waals surface area contributed by atoms with Crippen molar-refractivity contribution in [3.8, 4) is 0 Å². The summed E-state index contributed by atoms with van der Waals surface area (Å²) in [6.07, 6.45) is 0. The van der Waals surface area contributed by atoms with Crippen LogP contribution >= 0.6 is 12.2 Å². The highest BCUT2D eigenvalue weighted by Crippen LogP contribution is 2.11. The molecule has 2 N–H and O–H groups in total. The lowest BCUT2D eigenvalue weighted by Crippen LogP contribution is -2.28. The van der Waals surface area contributed by atoms with Crippen LogP contribution in [0.2, 0.25) is 0 Å². The van der Waals surface area contributed by atoms with Crippen molar-refractivity contribution >= 4 is 29.0 Å². The number of benzene rings is 1. The maximum atomic E-state index is 12.6. The molecular weight excluding hydrogens is 310 g/mol. The van der Waals surface area contributed by atoms with Crippen LogP contribution in [-0.2, 0) is 6.54 Å². The second-order valence-electron chi connectivity index (χ2n) is 6.60. The molecular formula is C17H23N3O2S. The minimum absolute atomic E-state index is 0.119. The number of carbonyl (C=O) groups is 1. The highest BCUT2D eigenvalue weighted by molar-refractivity contribution is 7.71. The minimum Gasteiger partial charge on any atom is -0.352 e. The van der Waals surface area contributed by atoms with Gasteiger partial charge in [-0.1, -0.05) is 27.7 Å². The number of aromatic amines is 1. The summed E-state index contributed by atoms with van der Waals surface area (Å²) in [4.78, 5) is 27.8. The average Bonchev–Trinajstić information content (AvgIpc) is 2.48. The summed E-state index contributed by atoms with van der Waals surface area (Å²) >= 11 is 5.29. The Morgan fingerprint density at radius 3 is 2.57 bits per heavy atom. The third-order valence-corrected chi connectivity index (χ3v) is 3.79. The zero-order chi connectivity index (χ0) is 17.1. The van der Waals surface area contributed by atoms with Gasteiger partial charge < -0.3 is 10.3 Å². The van der Waals surface area contributed by atoms with Crippen molar-refractivity contribution in [3.05, 3.63) is 38.9 Å². The molecule has 1 aromatic heterocycles. The quantitative estimate of drug-likeness (QED) is 0.826. The van der Waals surface area contributed by atoms with Crippen LogP contribution in [0.25, 0.3) is 10.9 Å². The Morgan fingerprint density at radius 1 is 1.26 bits per heavy atom. The Hall–Kier alpha value is -1.95. The molecule has 0 aliphatic heterocycles. The van der Waals surface area contributed by atoms with E-state index in [1.807, 2.05) is 27.7 Å². The van der Waals surface area contributed by atoms with Crippen molar-refractivity contribution in [1.29, 1.82) is 0 Å². The van der Waals surface area contributed by atoms with Gasteiger partial charge in [0.25, 0.3) is 11.5 Å². The molecule has 1 amide bonds. The molecule has 124 valence electrons. The summed E-state index contributed by atoms with van der Waals surface area (Å²) in [6, 6.07) is 5.04. The highest BCUT2D eigenvalue weighted by Gasteiger charge is 2.11. The lowest BCUT2D eigenvalue weighted by molar-refractivity contribution is 0.0949. The van der Waals surface area contributed by atoms with Gasteiger partial charge >= 0.3 is 0 Å². The van der Waals surface area contributed by atoms with Crippen LogP contribution in [0, 0.1) is 16.6 Å². The number of hydrogen-bond donors (Lipinski definition) is 2. The van der Waals surface area contributed by atoms with Gasteiger partial charge in [0.15, 0.2) is 4.77 Å². The maximum absolute atomic E-state index is 12.6. The van der Waals surface area contributed by atoms with E-state index < -0.39 is 0 Å². The van der Waals surface area contributed by atoms with Gasteiger partial charge in [-0.15, -0.1) is 0 Å². The smallest absolute Gasteiger partial charge is 0.262 e. The number of carbonyl (C=O) groups excluding carboxylic acids is 1. The van der Waals surface area contributed by atoms with Crippen molar-refractivity contribution in [2.24, 2.45) is 11.8 Å². The monoisotopic (exact) mass is 333 g/mol. The molecule has 23 heavy (non-hydrogen) atoms. The molecule has 0 bridgehead atoms. The van der Waals surface area contributed by atoms with Crippen LogP contribution in [0.4, 0.5) is 0 Å². The van der Waals surface area contributed by atoms with E-state index >= 15 is 0 Å². The van der Waals surface area contributed by atoms with Gasteiger partial charge in [-0.25, -0.2) is 0 Å². The topological polar surface area (TPSA) is 66.9 Å². The van der Waals surface area contributed by atoms with E-state index in [2.05, 4.69) is 10.3 Å². The summed E-state index contributed by atoms with van der Waals surface area (Å²) in [6.45, 7) is 9.33. The lowest BCUT2D eigenvalue weighted by Gasteiger charge is -2.11. The van der Waals surface area contributed by atoms with Crippen LogP contribution in [0.15, 0.2) is 23.0 Å². The first-order valence-corrected chi connectivity index (χ1v) is 8.25. The van der Waals surface area contributed by atoms with Gasteiger partial charge in [0.2, 0.25) is 0 Å². The van der Waals surface area contributed by atoms with Gasteiger partial charge in [0.1, 0.15) is 0 Å². The highest BCUT2D eigenvalue weighted by atomic mass is 32.1. The zero-order valence-electron chi connectivity index (χ0n) is 14.0. The van der Waals surface area contributed by atoms with E-state index in [-0.39, 0.29) is 11.5 Å². The number of H-pyrrole nitrogens is 1. The first-order valence-electron chi connectivity index (χ1n) is 7.84. The SMILES string of the molecule is CC(C)CNC(=O)c1ccc2c(=O)n(CC(C)C)c(=S)[nH]c2c1. The van der Waals surface area contributed by atoms with Gasteiger partial charge in [-0.3, -0.25) is 14.2 Å². The second kappa shape index (κ2) is 7.08. The molecule has 0 spiro atoms. The zero-order valence-corrected chi connectivity index (χ0v) is 14.8. The summed E-state index contributed by atoms with van der Waals surface area (Å²) in [5.41, 5.74) is 0.994. The number of rotatable bonds is 5. The number of fused-ring (bicyclic) bond motifs is 1. The first kappa shape index (κ1) is 17.4. The van der Waals surface area contributed by atoms with Gasteiger partial charge in [0, 0.05) is 18.7 Å². The van der Waals surface area contributed by atoms with Crippen molar-refractivity contribution in [1.82, 2.24) is 14.9 Å². The fourth-order valence-electron chi connectivity index (χ4n) is 2.33. The van der Waals surface area contributed by atoms with Crippen molar-refractivity contribution in [2.75, 3.05) is 6.54 Å². The average molecular weight is 333 g/mol. The number of amides is 1. The summed E-state index contributed by atoms with van der Waals surface area (Å²) in [5.74, 6) is 0.557. The number of nitrogens with one attached hydrogen (secondary N) is 2. The fourth-order valence-corrected chi connectivity index (χ4v) is 2.59. The number of nitrogens with zero attached hydrogens (tertiary/aromatic N) is 1. The van der Waals surface area contributed by atoms with Crippen molar-refractivity contribution in [2.45, 2.75) is 34.2 Å². The van der Waals surface area contributed by atoms with E-state index in [0.717, 1.165) is 0 Å². The maximum Gasteiger partial charge on any atom is 0.262 e. The van der Waals surface area contributed by atoms with E-state index in [4.69, 9.17) is 12.2 Å². The first-order chi connectivity index (χ1) is 10.8. The van der Waals surface area contributed by atoms with Gasteiger partial charge in [0.05, 0.1) is 10.9 Å². The Balaban J connectivity index is 2.44. The normalized spacial score (nSPS) is 11.4. The largest absolute Gasteiger partial charge is 0.352 e. The molecule has 0 saturated carbocycles. The lowest BCUT2D eigenvalue weighted by atomic mass is 10.1. The molecule has 0 saturated heterocycles. The number of aromatic nitrogens is 2. The molecule has 0 aliphatic rings. The molecule has 0 aliphatic carbocycles. The Labute approximate surface area is 140 Å². The van der Waals surface area contributed by atoms with E-state index in [1.165, 1.54) is 0 Å². The van der Waals surface area contributed by atoms with E-state index in [1.54, 1.807) is 22.8 Å². The molecule has 5 nitrogen and oxygen atoms in total. The molecule has 1 heterocycles. The minimum atomic E-state index is -0.147. The molecule has 1 aromatic carbocycles. The summed E-state index contributed by atoms with van der Waals surface area (Å²) < 4.78 is 1.96. The van der Waals surface area contributed by atoms with Gasteiger partial charge in [-0.05, 0) is 42.3 Å². The predicted octanol–water partition coefficient (Wildman–Crippen LogP) is 3.10. The van der Waals surface area contributed by atoms with Crippen LogP contribution in [0.3, 0.4) is 0 Å². The molecule has 0 atom stereocenters. The fraction of sp³-hybridized carbons (Fsp3) is 0.471. The summed E-state index contributed by atoms with van der Waals surface area (Å²) in [7, 11) is 0. The summed E-state index contributed by atoms with van der Waals surface area (Å²) in [5, 5.41) is 3.41. The molecule has 0 fully saturated rings.